The van der Waals surface area contributed by atoms with Gasteiger partial charge in [0.1, 0.15) is 5.75 Å². The van der Waals surface area contributed by atoms with Gasteiger partial charge < -0.3 is 19.8 Å². The van der Waals surface area contributed by atoms with Crippen molar-refractivity contribution in [3.63, 3.8) is 0 Å². The number of benzene rings is 2. The van der Waals surface area contributed by atoms with Gasteiger partial charge >= 0.3 is 6.16 Å². The predicted molar refractivity (Wildman–Crippen MR) is 115 cm³/mol. The van der Waals surface area contributed by atoms with Gasteiger partial charge in [0, 0.05) is 18.2 Å². The van der Waals surface area contributed by atoms with Crippen LogP contribution in [0.15, 0.2) is 48.5 Å². The maximum absolute atomic E-state index is 12.7. The van der Waals surface area contributed by atoms with E-state index >= 15 is 0 Å². The van der Waals surface area contributed by atoms with Crippen molar-refractivity contribution in [1.29, 1.82) is 0 Å². The fourth-order valence-electron chi connectivity index (χ4n) is 4.07. The van der Waals surface area contributed by atoms with Crippen LogP contribution < -0.4 is 9.64 Å². The average Bonchev–Trinajstić information content (AvgIpc) is 2.72. The lowest BCUT2D eigenvalue weighted by Crippen LogP contribution is -2.44. The first-order valence-electron chi connectivity index (χ1n) is 10.6. The second kappa shape index (κ2) is 10.3. The Hall–Kier alpha value is -2.86. The number of rotatable bonds is 8. The van der Waals surface area contributed by atoms with Crippen LogP contribution >= 0.6 is 0 Å². The van der Waals surface area contributed by atoms with Gasteiger partial charge in [-0.1, -0.05) is 37.6 Å². The Morgan fingerprint density at radius 2 is 2.00 bits per heavy atom. The lowest BCUT2D eigenvalue weighted by atomic mass is 9.94. The minimum Gasteiger partial charge on any atom is -0.449 e. The van der Waals surface area contributed by atoms with Crippen molar-refractivity contribution in [2.75, 3.05) is 4.90 Å². The molecule has 0 bridgehead atoms. The Kier molecular flexibility index (Phi) is 7.46. The molecule has 6 heteroatoms. The Morgan fingerprint density at radius 3 is 2.70 bits per heavy atom. The van der Waals surface area contributed by atoms with Gasteiger partial charge in [-0.15, -0.1) is 0 Å². The number of anilines is 1. The SMILES string of the molecule is CCCC(O)c1ccc(N2C(=O)CCCC2CCc2cccc(OC(=O)O)c2)cc1. The molecule has 2 N–H and O–H groups in total. The summed E-state index contributed by atoms with van der Waals surface area (Å²) in [6.45, 7) is 2.04. The van der Waals surface area contributed by atoms with E-state index in [0.29, 0.717) is 12.2 Å². The van der Waals surface area contributed by atoms with Gasteiger partial charge in [-0.05, 0) is 67.5 Å². The highest BCUT2D eigenvalue weighted by Gasteiger charge is 2.29. The summed E-state index contributed by atoms with van der Waals surface area (Å²) < 4.78 is 4.73. The number of carboxylic acid groups (broad SMARTS) is 1. The second-order valence-electron chi connectivity index (χ2n) is 7.76. The minimum absolute atomic E-state index is 0.0849. The zero-order valence-electron chi connectivity index (χ0n) is 17.3. The van der Waals surface area contributed by atoms with Crippen LogP contribution in [0.4, 0.5) is 10.5 Å². The molecule has 0 saturated carbocycles. The number of amides is 1. The van der Waals surface area contributed by atoms with Crippen molar-refractivity contribution in [3.05, 3.63) is 59.7 Å². The second-order valence-corrected chi connectivity index (χ2v) is 7.76. The lowest BCUT2D eigenvalue weighted by Gasteiger charge is -2.36. The molecule has 1 fully saturated rings. The molecule has 160 valence electrons. The Labute approximate surface area is 177 Å². The molecule has 2 aromatic rings. The summed E-state index contributed by atoms with van der Waals surface area (Å²) in [5.41, 5.74) is 2.71. The van der Waals surface area contributed by atoms with Crippen molar-refractivity contribution >= 4 is 17.7 Å². The summed E-state index contributed by atoms with van der Waals surface area (Å²) in [4.78, 5) is 25.3. The zero-order chi connectivity index (χ0) is 21.5. The van der Waals surface area contributed by atoms with E-state index in [0.717, 1.165) is 55.3 Å². The maximum Gasteiger partial charge on any atom is 0.511 e. The van der Waals surface area contributed by atoms with Crippen molar-refractivity contribution in [2.45, 2.75) is 64.0 Å². The summed E-state index contributed by atoms with van der Waals surface area (Å²) >= 11 is 0. The number of hydrogen-bond donors (Lipinski definition) is 2. The van der Waals surface area contributed by atoms with Crippen LogP contribution in [0.5, 0.6) is 5.75 Å². The van der Waals surface area contributed by atoms with Crippen molar-refractivity contribution in [1.82, 2.24) is 0 Å². The molecule has 0 spiro atoms. The van der Waals surface area contributed by atoms with Gasteiger partial charge in [-0.25, -0.2) is 4.79 Å². The fraction of sp³-hybridized carbons (Fsp3) is 0.417. The van der Waals surface area contributed by atoms with Crippen LogP contribution in [-0.4, -0.2) is 28.3 Å². The van der Waals surface area contributed by atoms with Crippen LogP contribution in [0.3, 0.4) is 0 Å². The molecule has 1 aliphatic rings. The molecule has 2 unspecified atom stereocenters. The van der Waals surface area contributed by atoms with E-state index in [9.17, 15) is 14.7 Å². The van der Waals surface area contributed by atoms with E-state index in [4.69, 9.17) is 9.84 Å². The normalized spacial score (nSPS) is 17.6. The number of piperidine rings is 1. The van der Waals surface area contributed by atoms with E-state index < -0.39 is 12.3 Å². The molecule has 3 rings (SSSR count). The molecule has 1 saturated heterocycles. The van der Waals surface area contributed by atoms with Crippen molar-refractivity contribution < 1.29 is 24.5 Å². The molecular formula is C24H29NO5. The van der Waals surface area contributed by atoms with Gasteiger partial charge in [0.15, 0.2) is 0 Å². The molecule has 0 aliphatic carbocycles. The van der Waals surface area contributed by atoms with E-state index in [1.165, 1.54) is 0 Å². The van der Waals surface area contributed by atoms with Gasteiger partial charge in [0.25, 0.3) is 0 Å². The molecule has 0 aromatic heterocycles. The summed E-state index contributed by atoms with van der Waals surface area (Å²) in [7, 11) is 0. The highest BCUT2D eigenvalue weighted by molar-refractivity contribution is 5.94. The van der Waals surface area contributed by atoms with Gasteiger partial charge in [-0.3, -0.25) is 4.79 Å². The highest BCUT2D eigenvalue weighted by Crippen LogP contribution is 2.30. The number of aliphatic hydroxyl groups is 1. The molecule has 1 aliphatic heterocycles. The first-order chi connectivity index (χ1) is 14.5. The number of nitrogens with zero attached hydrogens (tertiary/aromatic N) is 1. The van der Waals surface area contributed by atoms with Gasteiger partial charge in [0.05, 0.1) is 6.10 Å². The van der Waals surface area contributed by atoms with Gasteiger partial charge in [-0.2, -0.15) is 0 Å². The van der Waals surface area contributed by atoms with E-state index in [1.807, 2.05) is 42.2 Å². The molecule has 1 heterocycles. The van der Waals surface area contributed by atoms with E-state index in [1.54, 1.807) is 18.2 Å². The number of carbonyl (C=O) groups excluding carboxylic acids is 1. The Bertz CT molecular complexity index is 864. The number of hydrogen-bond acceptors (Lipinski definition) is 4. The largest absolute Gasteiger partial charge is 0.511 e. The molecule has 0 radical (unpaired) electrons. The lowest BCUT2D eigenvalue weighted by molar-refractivity contribution is -0.120. The molecule has 6 nitrogen and oxygen atoms in total. The summed E-state index contributed by atoms with van der Waals surface area (Å²) in [6, 6.07) is 14.8. The number of ether oxygens (including phenoxy) is 1. The topological polar surface area (TPSA) is 87.1 Å². The molecule has 2 atom stereocenters. The highest BCUT2D eigenvalue weighted by atomic mass is 16.7. The van der Waals surface area contributed by atoms with Crippen LogP contribution in [0.2, 0.25) is 0 Å². The minimum atomic E-state index is -1.33. The quantitative estimate of drug-likeness (QED) is 0.466. The first kappa shape index (κ1) is 21.8. The van der Waals surface area contributed by atoms with Crippen molar-refractivity contribution in [3.8, 4) is 5.75 Å². The summed E-state index contributed by atoms with van der Waals surface area (Å²) in [5.74, 6) is 0.425. The summed E-state index contributed by atoms with van der Waals surface area (Å²) in [6.07, 6.45) is 3.66. The average molecular weight is 411 g/mol. The Balaban J connectivity index is 1.70. The van der Waals surface area contributed by atoms with Crippen LogP contribution in [-0.2, 0) is 11.2 Å². The molecule has 1 amide bonds. The Morgan fingerprint density at radius 1 is 1.23 bits per heavy atom. The third-order valence-corrected chi connectivity index (χ3v) is 5.55. The number of aliphatic hydroxyl groups excluding tert-OH is 1. The third kappa shape index (κ3) is 5.60. The summed E-state index contributed by atoms with van der Waals surface area (Å²) in [5, 5.41) is 19.0. The van der Waals surface area contributed by atoms with Crippen molar-refractivity contribution in [2.24, 2.45) is 0 Å². The molecule has 2 aromatic carbocycles. The van der Waals surface area contributed by atoms with Crippen LogP contribution in [0.25, 0.3) is 0 Å². The monoisotopic (exact) mass is 411 g/mol. The van der Waals surface area contributed by atoms with E-state index in [2.05, 4.69) is 0 Å². The first-order valence-corrected chi connectivity index (χ1v) is 10.6. The fourth-order valence-corrected chi connectivity index (χ4v) is 4.07. The van der Waals surface area contributed by atoms with Crippen LogP contribution in [0.1, 0.15) is 62.7 Å². The predicted octanol–water partition coefficient (Wildman–Crippen LogP) is 5.10. The number of aryl methyl sites for hydroxylation is 1. The molecular weight excluding hydrogens is 382 g/mol. The smallest absolute Gasteiger partial charge is 0.449 e. The van der Waals surface area contributed by atoms with Crippen LogP contribution in [0, 0.1) is 0 Å². The number of carbonyl (C=O) groups is 2. The van der Waals surface area contributed by atoms with E-state index in [-0.39, 0.29) is 11.9 Å². The standard InChI is InChI=1S/C24H29NO5/c1-2-5-22(26)18-11-14-20(15-12-18)25-19(7-4-9-23(25)27)13-10-17-6-3-8-21(16-17)30-24(28)29/h3,6,8,11-12,14-16,19,22,26H,2,4-5,7,9-10,13H2,1H3,(H,28,29). The third-order valence-electron chi connectivity index (χ3n) is 5.55. The zero-order valence-corrected chi connectivity index (χ0v) is 17.3. The maximum atomic E-state index is 12.7. The molecule has 30 heavy (non-hydrogen) atoms. The van der Waals surface area contributed by atoms with Gasteiger partial charge in [0.2, 0.25) is 5.91 Å².